The van der Waals surface area contributed by atoms with Gasteiger partial charge in [0, 0.05) is 12.4 Å². The maximum atomic E-state index is 5.48. The lowest BCUT2D eigenvalue weighted by Gasteiger charge is -2.20. The van der Waals surface area contributed by atoms with E-state index in [9.17, 15) is 0 Å². The summed E-state index contributed by atoms with van der Waals surface area (Å²) in [5, 5.41) is 5.34. The topological polar surface area (TPSA) is 33.6 Å². The van der Waals surface area contributed by atoms with Gasteiger partial charge in [0.05, 0.1) is 18.7 Å². The number of hydrogen-bond acceptors (Lipinski definition) is 4. The van der Waals surface area contributed by atoms with Crippen LogP contribution in [0.3, 0.4) is 0 Å². The fourth-order valence-electron chi connectivity index (χ4n) is 2.35. The number of methoxy groups -OCH3 is 1. The average molecular weight is 242 g/mol. The number of rotatable bonds is 3. The number of thioether (sulfide) groups is 1. The average Bonchev–Trinajstić information content (AvgIpc) is 2.87. The van der Waals surface area contributed by atoms with E-state index in [1.54, 1.807) is 0 Å². The monoisotopic (exact) mass is 242 g/mol. The predicted molar refractivity (Wildman–Crippen MR) is 70.1 cm³/mol. The lowest BCUT2D eigenvalue weighted by Crippen LogP contribution is -2.39. The zero-order chi connectivity index (χ0) is 11.5. The van der Waals surface area contributed by atoms with Crippen molar-refractivity contribution >= 4 is 16.9 Å². The molecule has 1 aliphatic heterocycles. The van der Waals surface area contributed by atoms with Gasteiger partial charge in [-0.15, -0.1) is 0 Å². The number of aliphatic imine (C=N–C) groups is 1. The Morgan fingerprint density at radius 2 is 2.25 bits per heavy atom. The summed E-state index contributed by atoms with van der Waals surface area (Å²) in [4.78, 5) is 4.58. The van der Waals surface area contributed by atoms with E-state index in [2.05, 4.69) is 24.2 Å². The van der Waals surface area contributed by atoms with Gasteiger partial charge in [-0.2, -0.15) is 0 Å². The Labute approximate surface area is 102 Å². The Morgan fingerprint density at radius 3 is 2.88 bits per heavy atom. The van der Waals surface area contributed by atoms with Crippen LogP contribution in [0.15, 0.2) is 4.99 Å². The van der Waals surface area contributed by atoms with Crippen molar-refractivity contribution in [1.82, 2.24) is 5.32 Å². The first kappa shape index (κ1) is 12.2. The second-order valence-corrected chi connectivity index (χ2v) is 6.23. The molecule has 16 heavy (non-hydrogen) atoms. The summed E-state index contributed by atoms with van der Waals surface area (Å²) in [6.07, 6.45) is 4.03. The van der Waals surface area contributed by atoms with Gasteiger partial charge in [0.2, 0.25) is 0 Å². The first-order chi connectivity index (χ1) is 7.70. The van der Waals surface area contributed by atoms with Crippen molar-refractivity contribution in [2.45, 2.75) is 50.5 Å². The van der Waals surface area contributed by atoms with Crippen molar-refractivity contribution in [2.75, 3.05) is 13.7 Å². The van der Waals surface area contributed by atoms with Gasteiger partial charge in [-0.05, 0) is 25.2 Å². The Morgan fingerprint density at radius 1 is 1.44 bits per heavy atom. The van der Waals surface area contributed by atoms with Gasteiger partial charge in [-0.1, -0.05) is 25.6 Å². The third-order valence-corrected chi connectivity index (χ3v) is 4.95. The smallest absolute Gasteiger partial charge is 0.157 e. The second kappa shape index (κ2) is 5.41. The molecule has 0 amide bonds. The molecule has 92 valence electrons. The van der Waals surface area contributed by atoms with Crippen LogP contribution in [-0.2, 0) is 4.74 Å². The Bertz CT molecular complexity index is 268. The molecule has 0 aromatic rings. The van der Waals surface area contributed by atoms with Crippen molar-refractivity contribution in [3.8, 4) is 0 Å². The molecule has 1 fully saturated rings. The van der Waals surface area contributed by atoms with Gasteiger partial charge < -0.3 is 10.1 Å². The number of ether oxygens (including phenoxy) is 1. The lowest BCUT2D eigenvalue weighted by molar-refractivity contribution is 0.0910. The van der Waals surface area contributed by atoms with E-state index in [4.69, 9.17) is 4.74 Å². The predicted octanol–water partition coefficient (Wildman–Crippen LogP) is 2.27. The van der Waals surface area contributed by atoms with E-state index in [1.165, 1.54) is 19.3 Å². The second-order valence-electron chi connectivity index (χ2n) is 5.00. The van der Waals surface area contributed by atoms with E-state index in [0.29, 0.717) is 23.3 Å². The van der Waals surface area contributed by atoms with E-state index >= 15 is 0 Å². The minimum atomic E-state index is 0.376. The molecule has 0 radical (unpaired) electrons. The van der Waals surface area contributed by atoms with Crippen molar-refractivity contribution < 1.29 is 4.74 Å². The minimum Gasteiger partial charge on any atom is -0.379 e. The van der Waals surface area contributed by atoms with Crippen molar-refractivity contribution in [3.63, 3.8) is 0 Å². The Kier molecular flexibility index (Phi) is 4.14. The normalized spacial score (nSPS) is 34.5. The van der Waals surface area contributed by atoms with Gasteiger partial charge in [-0.3, -0.25) is 4.99 Å². The summed E-state index contributed by atoms with van der Waals surface area (Å²) in [5.74, 6) is 0.704. The number of nitrogens with zero attached hydrogens (tertiary/aromatic N) is 1. The molecule has 1 N–H and O–H groups in total. The van der Waals surface area contributed by atoms with Crippen LogP contribution in [0.1, 0.15) is 33.1 Å². The fraction of sp³-hybridized carbons (Fsp3) is 0.917. The number of hydrogen-bond donors (Lipinski definition) is 1. The molecule has 3 nitrogen and oxygen atoms in total. The molecule has 1 saturated carbocycles. The summed E-state index contributed by atoms with van der Waals surface area (Å²) in [6.45, 7) is 5.50. The zero-order valence-corrected chi connectivity index (χ0v) is 11.2. The molecule has 0 spiro atoms. The summed E-state index contributed by atoms with van der Waals surface area (Å²) < 4.78 is 5.48. The molecule has 2 aliphatic rings. The van der Waals surface area contributed by atoms with Crippen LogP contribution >= 0.6 is 11.8 Å². The van der Waals surface area contributed by atoms with E-state index in [0.717, 1.165) is 11.7 Å². The molecular weight excluding hydrogens is 220 g/mol. The van der Waals surface area contributed by atoms with Gasteiger partial charge in [-0.25, -0.2) is 0 Å². The molecule has 4 heteroatoms. The van der Waals surface area contributed by atoms with E-state index < -0.39 is 0 Å². The quantitative estimate of drug-likeness (QED) is 0.824. The minimum absolute atomic E-state index is 0.376. The van der Waals surface area contributed by atoms with E-state index in [-0.39, 0.29) is 0 Å². The van der Waals surface area contributed by atoms with Crippen LogP contribution in [0.5, 0.6) is 0 Å². The van der Waals surface area contributed by atoms with Crippen LogP contribution < -0.4 is 5.32 Å². The van der Waals surface area contributed by atoms with Gasteiger partial charge in [0.25, 0.3) is 0 Å². The highest BCUT2D eigenvalue weighted by Gasteiger charge is 2.30. The standard InChI is InChI=1S/C12H22N2OS/c1-8(2)11-7-13-12(16-11)14-9-5-4-6-10(9)15-3/h8-11H,4-7H2,1-3H3,(H,13,14). The third kappa shape index (κ3) is 2.72. The van der Waals surface area contributed by atoms with Crippen molar-refractivity contribution in [3.05, 3.63) is 0 Å². The highest BCUT2D eigenvalue weighted by Crippen LogP contribution is 2.28. The fourth-order valence-corrected chi connectivity index (χ4v) is 3.43. The highest BCUT2D eigenvalue weighted by molar-refractivity contribution is 8.14. The van der Waals surface area contributed by atoms with Gasteiger partial charge in [0.15, 0.2) is 5.17 Å². The summed E-state index contributed by atoms with van der Waals surface area (Å²) in [6, 6.07) is 0.474. The van der Waals surface area contributed by atoms with Crippen LogP contribution in [0.4, 0.5) is 0 Å². The molecule has 3 atom stereocenters. The molecule has 0 bridgehead atoms. The Hall–Kier alpha value is -0.220. The first-order valence-electron chi connectivity index (χ1n) is 6.21. The third-order valence-electron chi connectivity index (χ3n) is 3.49. The van der Waals surface area contributed by atoms with Crippen LogP contribution in [0, 0.1) is 5.92 Å². The number of amidine groups is 1. The maximum Gasteiger partial charge on any atom is 0.157 e. The summed E-state index contributed by atoms with van der Waals surface area (Å²) in [7, 11) is 1.81. The van der Waals surface area contributed by atoms with Crippen LogP contribution in [0.2, 0.25) is 0 Å². The maximum absolute atomic E-state index is 5.48. The highest BCUT2D eigenvalue weighted by atomic mass is 32.2. The van der Waals surface area contributed by atoms with Gasteiger partial charge >= 0.3 is 0 Å². The molecule has 2 rings (SSSR count). The van der Waals surface area contributed by atoms with Gasteiger partial charge in [0.1, 0.15) is 0 Å². The molecule has 0 aromatic carbocycles. The molecule has 0 saturated heterocycles. The van der Waals surface area contributed by atoms with Crippen molar-refractivity contribution in [2.24, 2.45) is 10.9 Å². The number of nitrogens with one attached hydrogen (secondary N) is 1. The lowest BCUT2D eigenvalue weighted by atomic mass is 10.1. The molecule has 1 heterocycles. The van der Waals surface area contributed by atoms with Crippen LogP contribution in [-0.4, -0.2) is 36.2 Å². The Balaban J connectivity index is 1.82. The summed E-state index contributed by atoms with van der Waals surface area (Å²) in [5.41, 5.74) is 0. The summed E-state index contributed by atoms with van der Waals surface area (Å²) >= 11 is 1.90. The zero-order valence-electron chi connectivity index (χ0n) is 10.4. The largest absolute Gasteiger partial charge is 0.379 e. The van der Waals surface area contributed by atoms with E-state index in [1.807, 2.05) is 18.9 Å². The molecular formula is C12H22N2OS. The van der Waals surface area contributed by atoms with Crippen molar-refractivity contribution in [1.29, 1.82) is 0 Å². The SMILES string of the molecule is COC1CCCC1NC1=NCC(C(C)C)S1. The van der Waals surface area contributed by atoms with Crippen LogP contribution in [0.25, 0.3) is 0 Å². The molecule has 1 aliphatic carbocycles. The first-order valence-corrected chi connectivity index (χ1v) is 7.09. The molecule has 3 unspecified atom stereocenters. The molecule has 0 aromatic heterocycles.